The van der Waals surface area contributed by atoms with Gasteiger partial charge in [0, 0.05) is 0 Å². The molecule has 0 aliphatic heterocycles. The van der Waals surface area contributed by atoms with Gasteiger partial charge in [-0.1, -0.05) is 0 Å². The zero-order chi connectivity index (χ0) is 19.5. The lowest BCUT2D eigenvalue weighted by Gasteiger charge is -2.55. The van der Waals surface area contributed by atoms with Crippen LogP contribution in [0, 0.1) is 0 Å². The van der Waals surface area contributed by atoms with Crippen LogP contribution >= 0.6 is 0 Å². The number of hydrogen-bond acceptors (Lipinski definition) is 1. The molecule has 1 saturated carbocycles. The van der Waals surface area contributed by atoms with E-state index < -0.39 is 35.5 Å². The Bertz CT molecular complexity index is 329. The van der Waals surface area contributed by atoms with Crippen LogP contribution in [-0.4, -0.2) is 68.1 Å². The highest BCUT2D eigenvalue weighted by Crippen LogP contribution is 2.67. The third-order valence-corrected chi connectivity index (χ3v) is 2.39. The summed E-state index contributed by atoms with van der Waals surface area (Å²) in [4.78, 5) is 0. The number of rotatable bonds is 0. The quantitative estimate of drug-likeness (QED) is 0.474. The molecule has 0 amide bonds. The molecule has 0 bridgehead atoms. The van der Waals surface area contributed by atoms with Crippen LogP contribution < -0.4 is 5.11 Å². The lowest BCUT2D eigenvalue weighted by molar-refractivity contribution is -0.849. The van der Waals surface area contributed by atoms with Crippen LogP contribution in [0.1, 0.15) is 0 Å². The number of quaternary nitrogens is 1. The molecule has 2 nitrogen and oxygen atoms in total. The molecule has 0 unspecified atom stereocenters. The number of nitrogens with zero attached hydrogens (tertiary/aromatic N) is 1. The molecule has 1 aliphatic rings. The SMILES string of the molecule is C[N+](C)(C)C.[O-]C1(F)C(F)(F)C(F)(F)C(F)(F)C(F)(F)C1(F)F. The molecule has 0 atom stereocenters. The van der Waals surface area contributed by atoms with E-state index >= 15 is 0 Å². The van der Waals surface area contributed by atoms with Crippen molar-refractivity contribution in [2.45, 2.75) is 35.5 Å². The maximum atomic E-state index is 12.4. The third-order valence-electron chi connectivity index (χ3n) is 2.39. The van der Waals surface area contributed by atoms with Crippen molar-refractivity contribution in [1.29, 1.82) is 0 Å². The highest BCUT2D eigenvalue weighted by atomic mass is 19.4. The maximum Gasteiger partial charge on any atom is 0.384 e. The van der Waals surface area contributed by atoms with E-state index in [4.69, 9.17) is 0 Å². The van der Waals surface area contributed by atoms with Crippen LogP contribution in [0.2, 0.25) is 0 Å². The Morgan fingerprint density at radius 2 is 0.609 bits per heavy atom. The Morgan fingerprint density at radius 1 is 0.478 bits per heavy atom. The fourth-order valence-corrected chi connectivity index (χ4v) is 1.19. The molecule has 23 heavy (non-hydrogen) atoms. The van der Waals surface area contributed by atoms with Crippen LogP contribution in [0.5, 0.6) is 0 Å². The van der Waals surface area contributed by atoms with Gasteiger partial charge in [0.2, 0.25) is 0 Å². The van der Waals surface area contributed by atoms with Crippen molar-refractivity contribution in [3.63, 3.8) is 0 Å². The van der Waals surface area contributed by atoms with Crippen LogP contribution in [0.3, 0.4) is 0 Å². The fraction of sp³-hybridized carbons (Fsp3) is 1.00. The second kappa shape index (κ2) is 5.07. The van der Waals surface area contributed by atoms with Gasteiger partial charge in [0.1, 0.15) is 0 Å². The summed E-state index contributed by atoms with van der Waals surface area (Å²) in [5.41, 5.74) is 0. The molecule has 0 aromatic carbocycles. The minimum absolute atomic E-state index is 1.00. The van der Waals surface area contributed by atoms with Gasteiger partial charge >= 0.3 is 29.6 Å². The molecule has 1 fully saturated rings. The summed E-state index contributed by atoms with van der Waals surface area (Å²) in [5.74, 6) is -43.5. The van der Waals surface area contributed by atoms with Crippen molar-refractivity contribution in [2.75, 3.05) is 28.2 Å². The molecule has 0 heterocycles. The molecule has 0 saturated heterocycles. The van der Waals surface area contributed by atoms with E-state index in [0.29, 0.717) is 0 Å². The summed E-state index contributed by atoms with van der Waals surface area (Å²) in [6, 6.07) is 0. The average Bonchev–Trinajstić information content (AvgIpc) is 2.23. The first-order valence-electron chi connectivity index (χ1n) is 5.57. The Balaban J connectivity index is 0.000000841. The van der Waals surface area contributed by atoms with Gasteiger partial charge in [-0.15, -0.1) is 0 Å². The number of hydrogen-bond donors (Lipinski definition) is 0. The molecule has 0 spiro atoms. The van der Waals surface area contributed by atoms with E-state index in [0.717, 1.165) is 4.48 Å². The van der Waals surface area contributed by atoms with E-state index in [-0.39, 0.29) is 0 Å². The van der Waals surface area contributed by atoms with E-state index in [1.807, 2.05) is 0 Å². The summed E-state index contributed by atoms with van der Waals surface area (Å²) in [6.07, 6.45) is 0. The molecule has 140 valence electrons. The second-order valence-electron chi connectivity index (χ2n) is 6.15. The maximum absolute atomic E-state index is 12.4. The zero-order valence-corrected chi connectivity index (χ0v) is 12.0. The molecule has 0 N–H and O–H groups in total. The van der Waals surface area contributed by atoms with E-state index in [1.165, 1.54) is 0 Å². The minimum Gasteiger partial charge on any atom is -0.815 e. The van der Waals surface area contributed by atoms with Crippen LogP contribution in [0.25, 0.3) is 0 Å². The van der Waals surface area contributed by atoms with Gasteiger partial charge in [0.25, 0.3) is 0 Å². The Hall–Kier alpha value is -0.850. The van der Waals surface area contributed by atoms with Crippen LogP contribution in [-0.2, 0) is 0 Å². The Morgan fingerprint density at radius 3 is 0.783 bits per heavy atom. The molecule has 0 radical (unpaired) electrons. The molecular formula is C10H12F11NO. The van der Waals surface area contributed by atoms with Gasteiger partial charge in [0.15, 0.2) is 5.85 Å². The summed E-state index contributed by atoms with van der Waals surface area (Å²) < 4.78 is 137. The number of alkyl halides is 11. The Kier molecular flexibility index (Phi) is 4.88. The van der Waals surface area contributed by atoms with Gasteiger partial charge in [-0.25, -0.2) is 4.39 Å². The van der Waals surface area contributed by atoms with Crippen molar-refractivity contribution >= 4 is 0 Å². The predicted molar refractivity (Wildman–Crippen MR) is 52.5 cm³/mol. The van der Waals surface area contributed by atoms with Gasteiger partial charge in [0.05, 0.1) is 28.2 Å². The van der Waals surface area contributed by atoms with Crippen molar-refractivity contribution in [2.24, 2.45) is 0 Å². The largest absolute Gasteiger partial charge is 0.815 e. The minimum atomic E-state index is -7.31. The lowest BCUT2D eigenvalue weighted by atomic mass is 9.79. The average molecular weight is 371 g/mol. The van der Waals surface area contributed by atoms with Crippen LogP contribution in [0.4, 0.5) is 48.3 Å². The zero-order valence-electron chi connectivity index (χ0n) is 12.0. The molecule has 0 aromatic rings. The predicted octanol–water partition coefficient (Wildman–Crippen LogP) is 2.53. The van der Waals surface area contributed by atoms with Crippen LogP contribution in [0.15, 0.2) is 0 Å². The molecule has 13 heteroatoms. The van der Waals surface area contributed by atoms with E-state index in [1.54, 1.807) is 0 Å². The third kappa shape index (κ3) is 2.75. The Labute approximate surface area is 123 Å². The van der Waals surface area contributed by atoms with Crippen molar-refractivity contribution in [3.05, 3.63) is 0 Å². The summed E-state index contributed by atoms with van der Waals surface area (Å²) in [6.45, 7) is 0. The van der Waals surface area contributed by atoms with Gasteiger partial charge in [-0.05, 0) is 0 Å². The van der Waals surface area contributed by atoms with Crippen molar-refractivity contribution in [1.82, 2.24) is 0 Å². The smallest absolute Gasteiger partial charge is 0.384 e. The van der Waals surface area contributed by atoms with Gasteiger partial charge in [-0.3, -0.25) is 0 Å². The first-order chi connectivity index (χ1) is 9.50. The van der Waals surface area contributed by atoms with E-state index in [9.17, 15) is 53.4 Å². The molecule has 1 aliphatic carbocycles. The topological polar surface area (TPSA) is 23.1 Å². The fourth-order valence-electron chi connectivity index (χ4n) is 1.19. The normalized spacial score (nSPS) is 29.2. The van der Waals surface area contributed by atoms with Gasteiger partial charge in [-0.2, -0.15) is 43.9 Å². The van der Waals surface area contributed by atoms with Crippen molar-refractivity contribution in [3.8, 4) is 0 Å². The lowest BCUT2D eigenvalue weighted by Crippen LogP contribution is -2.87. The first kappa shape index (κ1) is 22.1. The monoisotopic (exact) mass is 371 g/mol. The molecule has 0 aromatic heterocycles. The standard InChI is InChI=1S/C6F11O.C4H12N/c7-1(8)2(9,10)4(13,14)6(17,18)5(15,16)3(1,11)12;1-5(2,3)4/h;1-4H3/q-1;+1. The first-order valence-corrected chi connectivity index (χ1v) is 5.57. The van der Waals surface area contributed by atoms with Gasteiger partial charge < -0.3 is 9.59 Å². The highest BCUT2D eigenvalue weighted by Gasteiger charge is 2.97. The number of halogens is 11. The molecule has 1 rings (SSSR count). The van der Waals surface area contributed by atoms with Crippen molar-refractivity contribution < 1.29 is 57.9 Å². The summed E-state index contributed by atoms with van der Waals surface area (Å²) in [5, 5.41) is 10.1. The summed E-state index contributed by atoms with van der Waals surface area (Å²) in [7, 11) is 8.50. The summed E-state index contributed by atoms with van der Waals surface area (Å²) >= 11 is 0. The van der Waals surface area contributed by atoms with E-state index in [2.05, 4.69) is 28.2 Å². The highest BCUT2D eigenvalue weighted by molar-refractivity contribution is 5.22. The second-order valence-corrected chi connectivity index (χ2v) is 6.15. The molecular weight excluding hydrogens is 359 g/mol.